The lowest BCUT2D eigenvalue weighted by Gasteiger charge is -2.31. The zero-order valence-corrected chi connectivity index (χ0v) is 10.5. The van der Waals surface area contributed by atoms with Crippen LogP contribution < -0.4 is 16.8 Å². The van der Waals surface area contributed by atoms with E-state index < -0.39 is 11.8 Å². The zero-order chi connectivity index (χ0) is 13.7. The van der Waals surface area contributed by atoms with E-state index in [1.807, 2.05) is 6.92 Å². The molecule has 1 saturated heterocycles. The molecule has 5 N–H and O–H groups in total. The second-order valence-electron chi connectivity index (χ2n) is 4.70. The number of amides is 3. The SMILES string of the molecule is CC1CC(C(=O)N(CC(N)=O)CC(N)=O)CCN1. The van der Waals surface area contributed by atoms with E-state index in [2.05, 4.69) is 5.32 Å². The van der Waals surface area contributed by atoms with Crippen LogP contribution in [0.3, 0.4) is 0 Å². The van der Waals surface area contributed by atoms with Crippen molar-refractivity contribution in [2.75, 3.05) is 19.6 Å². The molecule has 102 valence electrons. The molecule has 1 rings (SSSR count). The molecule has 0 aliphatic carbocycles. The van der Waals surface area contributed by atoms with Gasteiger partial charge in [0.15, 0.2) is 0 Å². The van der Waals surface area contributed by atoms with Gasteiger partial charge in [0, 0.05) is 12.0 Å². The molecular formula is C11H20N4O3. The van der Waals surface area contributed by atoms with E-state index in [1.54, 1.807) is 0 Å². The third-order valence-corrected chi connectivity index (χ3v) is 2.98. The van der Waals surface area contributed by atoms with Crippen LogP contribution in [0.1, 0.15) is 19.8 Å². The van der Waals surface area contributed by atoms with Gasteiger partial charge in [-0.15, -0.1) is 0 Å². The van der Waals surface area contributed by atoms with Crippen LogP contribution in [-0.4, -0.2) is 48.3 Å². The van der Waals surface area contributed by atoms with E-state index in [-0.39, 0.29) is 31.0 Å². The molecule has 7 nitrogen and oxygen atoms in total. The van der Waals surface area contributed by atoms with Gasteiger partial charge in [0.05, 0.1) is 13.1 Å². The molecule has 2 unspecified atom stereocenters. The zero-order valence-electron chi connectivity index (χ0n) is 10.5. The highest BCUT2D eigenvalue weighted by atomic mass is 16.2. The minimum absolute atomic E-state index is 0.181. The summed E-state index contributed by atoms with van der Waals surface area (Å²) in [7, 11) is 0. The lowest BCUT2D eigenvalue weighted by molar-refractivity contribution is -0.142. The predicted octanol–water partition coefficient (Wildman–Crippen LogP) is -1.83. The van der Waals surface area contributed by atoms with Crippen LogP contribution in [0.2, 0.25) is 0 Å². The smallest absolute Gasteiger partial charge is 0.237 e. The number of piperidine rings is 1. The monoisotopic (exact) mass is 256 g/mol. The second-order valence-corrected chi connectivity index (χ2v) is 4.70. The Labute approximate surface area is 106 Å². The maximum absolute atomic E-state index is 12.2. The van der Waals surface area contributed by atoms with Crippen molar-refractivity contribution in [1.82, 2.24) is 10.2 Å². The Morgan fingerprint density at radius 1 is 1.22 bits per heavy atom. The van der Waals surface area contributed by atoms with E-state index in [1.165, 1.54) is 0 Å². The van der Waals surface area contributed by atoms with Crippen molar-refractivity contribution in [3.05, 3.63) is 0 Å². The average Bonchev–Trinajstić information content (AvgIpc) is 2.26. The Morgan fingerprint density at radius 2 is 1.78 bits per heavy atom. The van der Waals surface area contributed by atoms with Gasteiger partial charge < -0.3 is 21.7 Å². The first-order valence-electron chi connectivity index (χ1n) is 5.99. The van der Waals surface area contributed by atoms with Crippen LogP contribution in [0, 0.1) is 5.92 Å². The molecule has 1 heterocycles. The van der Waals surface area contributed by atoms with Gasteiger partial charge in [-0.3, -0.25) is 14.4 Å². The summed E-state index contributed by atoms with van der Waals surface area (Å²) in [6.07, 6.45) is 1.38. The number of nitrogens with zero attached hydrogens (tertiary/aromatic N) is 1. The molecular weight excluding hydrogens is 236 g/mol. The summed E-state index contributed by atoms with van der Waals surface area (Å²) in [4.78, 5) is 35.2. The molecule has 0 radical (unpaired) electrons. The van der Waals surface area contributed by atoms with Crippen molar-refractivity contribution >= 4 is 17.7 Å². The van der Waals surface area contributed by atoms with E-state index in [0.717, 1.165) is 11.4 Å². The normalized spacial score (nSPS) is 23.4. The molecule has 1 aliphatic rings. The third kappa shape index (κ3) is 4.33. The summed E-state index contributed by atoms with van der Waals surface area (Å²) < 4.78 is 0. The van der Waals surface area contributed by atoms with Crippen molar-refractivity contribution in [2.24, 2.45) is 17.4 Å². The maximum Gasteiger partial charge on any atom is 0.237 e. The molecule has 18 heavy (non-hydrogen) atoms. The van der Waals surface area contributed by atoms with Crippen LogP contribution in [0.25, 0.3) is 0 Å². The van der Waals surface area contributed by atoms with Crippen LogP contribution in [0.15, 0.2) is 0 Å². The summed E-state index contributed by atoms with van der Waals surface area (Å²) in [6, 6.07) is 0.247. The number of carbonyl (C=O) groups excluding carboxylic acids is 3. The molecule has 0 aromatic rings. The van der Waals surface area contributed by atoms with Crippen molar-refractivity contribution < 1.29 is 14.4 Å². The maximum atomic E-state index is 12.2. The van der Waals surface area contributed by atoms with E-state index in [0.29, 0.717) is 12.8 Å². The van der Waals surface area contributed by atoms with Crippen LogP contribution in [-0.2, 0) is 14.4 Å². The molecule has 0 bridgehead atoms. The van der Waals surface area contributed by atoms with Crippen LogP contribution >= 0.6 is 0 Å². The first-order valence-corrected chi connectivity index (χ1v) is 5.99. The van der Waals surface area contributed by atoms with Crippen molar-refractivity contribution in [3.63, 3.8) is 0 Å². The fraction of sp³-hybridized carbons (Fsp3) is 0.727. The molecule has 3 amide bonds. The average molecular weight is 256 g/mol. The highest BCUT2D eigenvalue weighted by Crippen LogP contribution is 2.18. The summed E-state index contributed by atoms with van der Waals surface area (Å²) in [5.74, 6) is -1.70. The molecule has 0 aromatic carbocycles. The van der Waals surface area contributed by atoms with E-state index in [9.17, 15) is 14.4 Å². The largest absolute Gasteiger partial charge is 0.368 e. The summed E-state index contributed by atoms with van der Waals surface area (Å²) >= 11 is 0. The number of nitrogens with two attached hydrogens (primary N) is 2. The number of hydrogen-bond donors (Lipinski definition) is 3. The Balaban J connectivity index is 2.67. The van der Waals surface area contributed by atoms with Crippen LogP contribution in [0.4, 0.5) is 0 Å². The first-order chi connectivity index (χ1) is 8.40. The highest BCUT2D eigenvalue weighted by molar-refractivity contribution is 5.89. The molecule has 0 aromatic heterocycles. The minimum Gasteiger partial charge on any atom is -0.368 e. The van der Waals surface area contributed by atoms with Gasteiger partial charge in [-0.05, 0) is 26.3 Å². The summed E-state index contributed by atoms with van der Waals surface area (Å²) in [6.45, 7) is 2.21. The van der Waals surface area contributed by atoms with Crippen molar-refractivity contribution in [3.8, 4) is 0 Å². The Hall–Kier alpha value is -1.63. The lowest BCUT2D eigenvalue weighted by atomic mass is 9.92. The van der Waals surface area contributed by atoms with Gasteiger partial charge in [-0.1, -0.05) is 0 Å². The van der Waals surface area contributed by atoms with Crippen molar-refractivity contribution in [1.29, 1.82) is 0 Å². The Bertz CT molecular complexity index is 329. The molecule has 0 spiro atoms. The lowest BCUT2D eigenvalue weighted by Crippen LogP contribution is -2.49. The first kappa shape index (κ1) is 14.4. The molecule has 1 fully saturated rings. The molecule has 1 aliphatic heterocycles. The van der Waals surface area contributed by atoms with Gasteiger partial charge in [-0.25, -0.2) is 0 Å². The van der Waals surface area contributed by atoms with Crippen molar-refractivity contribution in [2.45, 2.75) is 25.8 Å². The number of hydrogen-bond acceptors (Lipinski definition) is 4. The molecule has 0 saturated carbocycles. The number of nitrogens with one attached hydrogen (secondary N) is 1. The second kappa shape index (κ2) is 6.34. The van der Waals surface area contributed by atoms with E-state index in [4.69, 9.17) is 11.5 Å². The topological polar surface area (TPSA) is 119 Å². The van der Waals surface area contributed by atoms with Gasteiger partial charge in [-0.2, -0.15) is 0 Å². The van der Waals surface area contributed by atoms with Crippen LogP contribution in [0.5, 0.6) is 0 Å². The number of rotatable bonds is 5. The third-order valence-electron chi connectivity index (χ3n) is 2.98. The molecule has 2 atom stereocenters. The number of primary amides is 2. The number of carbonyl (C=O) groups is 3. The van der Waals surface area contributed by atoms with Gasteiger partial charge in [0.2, 0.25) is 17.7 Å². The minimum atomic E-state index is -0.647. The van der Waals surface area contributed by atoms with Gasteiger partial charge in [0.25, 0.3) is 0 Å². The predicted molar refractivity (Wildman–Crippen MR) is 65.2 cm³/mol. The summed E-state index contributed by atoms with van der Waals surface area (Å²) in [5, 5.41) is 3.23. The Morgan fingerprint density at radius 3 is 2.22 bits per heavy atom. The summed E-state index contributed by atoms with van der Waals surface area (Å²) in [5.41, 5.74) is 10.1. The molecule has 7 heteroatoms. The standard InChI is InChI=1S/C11H20N4O3/c1-7-4-8(2-3-14-7)11(18)15(5-9(12)16)6-10(13)17/h7-8,14H,2-6H2,1H3,(H2,12,16)(H2,13,17). The van der Waals surface area contributed by atoms with E-state index >= 15 is 0 Å². The quantitative estimate of drug-likeness (QED) is 0.536. The highest BCUT2D eigenvalue weighted by Gasteiger charge is 2.29. The van der Waals surface area contributed by atoms with Gasteiger partial charge >= 0.3 is 0 Å². The Kier molecular flexibility index (Phi) is 5.08. The van der Waals surface area contributed by atoms with Gasteiger partial charge in [0.1, 0.15) is 0 Å². The fourth-order valence-electron chi connectivity index (χ4n) is 2.20. The fourth-order valence-corrected chi connectivity index (χ4v) is 2.20.